The lowest BCUT2D eigenvalue weighted by atomic mass is 10.0. The predicted molar refractivity (Wildman–Crippen MR) is 61.6 cm³/mol. The zero-order chi connectivity index (χ0) is 11.0. The molecule has 0 aliphatic rings. The van der Waals surface area contributed by atoms with Crippen LogP contribution in [0.3, 0.4) is 0 Å². The molecule has 0 amide bonds. The van der Waals surface area contributed by atoms with Crippen molar-refractivity contribution in [2.75, 3.05) is 0 Å². The van der Waals surface area contributed by atoms with Gasteiger partial charge in [0.05, 0.1) is 11.1 Å². The van der Waals surface area contributed by atoms with Crippen molar-refractivity contribution in [1.82, 2.24) is 4.98 Å². The predicted octanol–water partition coefficient (Wildman–Crippen LogP) is 3.32. The molecule has 1 aromatic carbocycles. The van der Waals surface area contributed by atoms with Gasteiger partial charge in [-0.15, -0.1) is 0 Å². The topological polar surface area (TPSA) is 30.0 Å². The summed E-state index contributed by atoms with van der Waals surface area (Å²) in [7, 11) is 0. The van der Waals surface area contributed by atoms with Crippen LogP contribution in [0.15, 0.2) is 18.2 Å². The Bertz CT molecular complexity index is 549. The summed E-state index contributed by atoms with van der Waals surface area (Å²) < 4.78 is 0. The van der Waals surface area contributed by atoms with E-state index in [1.807, 2.05) is 32.0 Å². The van der Waals surface area contributed by atoms with Crippen molar-refractivity contribution in [2.45, 2.75) is 13.8 Å². The zero-order valence-corrected chi connectivity index (χ0v) is 9.30. The molecule has 0 spiro atoms. The Balaban J connectivity index is 2.97. The van der Waals surface area contributed by atoms with Crippen LogP contribution in [0, 0.1) is 13.8 Å². The van der Waals surface area contributed by atoms with Gasteiger partial charge in [0.25, 0.3) is 0 Å². The second kappa shape index (κ2) is 3.63. The van der Waals surface area contributed by atoms with Crippen molar-refractivity contribution in [3.05, 3.63) is 40.0 Å². The summed E-state index contributed by atoms with van der Waals surface area (Å²) in [5.74, 6) is 0. The van der Waals surface area contributed by atoms with E-state index in [9.17, 15) is 4.79 Å². The van der Waals surface area contributed by atoms with E-state index in [0.717, 1.165) is 28.3 Å². The average molecular weight is 220 g/mol. The largest absolute Gasteiger partial charge is 0.298 e. The zero-order valence-electron chi connectivity index (χ0n) is 8.54. The molecule has 1 heterocycles. The quantitative estimate of drug-likeness (QED) is 0.544. The standard InChI is InChI=1S/C12H10ClNO/c1-7-4-3-5-9-8(2)10(6-15)12(13)14-11(7)9/h3-6H,1-2H3. The van der Waals surface area contributed by atoms with Crippen molar-refractivity contribution >= 4 is 28.8 Å². The number of carbonyl (C=O) groups excluding carboxylic acids is 1. The molecule has 0 radical (unpaired) electrons. The molecule has 0 saturated carbocycles. The highest BCUT2D eigenvalue weighted by Crippen LogP contribution is 2.26. The molecule has 0 N–H and O–H groups in total. The van der Waals surface area contributed by atoms with E-state index >= 15 is 0 Å². The average Bonchev–Trinajstić information content (AvgIpc) is 2.20. The number of hydrogen-bond donors (Lipinski definition) is 0. The van der Waals surface area contributed by atoms with E-state index in [2.05, 4.69) is 4.98 Å². The van der Waals surface area contributed by atoms with Crippen LogP contribution >= 0.6 is 11.6 Å². The van der Waals surface area contributed by atoms with Gasteiger partial charge in [-0.1, -0.05) is 29.8 Å². The Morgan fingerprint density at radius 3 is 2.73 bits per heavy atom. The maximum absolute atomic E-state index is 10.9. The highest BCUT2D eigenvalue weighted by atomic mass is 35.5. The molecule has 3 heteroatoms. The van der Waals surface area contributed by atoms with Gasteiger partial charge in [0.15, 0.2) is 6.29 Å². The van der Waals surface area contributed by atoms with Gasteiger partial charge >= 0.3 is 0 Å². The maximum Gasteiger partial charge on any atom is 0.153 e. The molecule has 0 unspecified atom stereocenters. The van der Waals surface area contributed by atoms with Crippen molar-refractivity contribution in [3.63, 3.8) is 0 Å². The minimum absolute atomic E-state index is 0.282. The van der Waals surface area contributed by atoms with E-state index in [-0.39, 0.29) is 5.15 Å². The molecule has 0 bridgehead atoms. The molecular formula is C12H10ClNO. The third kappa shape index (κ3) is 1.51. The third-order valence-electron chi connectivity index (χ3n) is 2.60. The smallest absolute Gasteiger partial charge is 0.153 e. The molecule has 15 heavy (non-hydrogen) atoms. The molecule has 2 rings (SSSR count). The highest BCUT2D eigenvalue weighted by Gasteiger charge is 2.10. The summed E-state index contributed by atoms with van der Waals surface area (Å²) in [6, 6.07) is 5.88. The lowest BCUT2D eigenvalue weighted by Crippen LogP contribution is -1.95. The summed E-state index contributed by atoms with van der Waals surface area (Å²) in [5.41, 5.74) is 3.30. The van der Waals surface area contributed by atoms with Crippen LogP contribution < -0.4 is 0 Å². The lowest BCUT2D eigenvalue weighted by molar-refractivity contribution is 0.112. The lowest BCUT2D eigenvalue weighted by Gasteiger charge is -2.07. The summed E-state index contributed by atoms with van der Waals surface area (Å²) in [5, 5.41) is 1.27. The number of aldehydes is 1. The van der Waals surface area contributed by atoms with Crippen molar-refractivity contribution in [2.24, 2.45) is 0 Å². The number of nitrogens with zero attached hydrogens (tertiary/aromatic N) is 1. The van der Waals surface area contributed by atoms with Gasteiger partial charge in [0.2, 0.25) is 0 Å². The van der Waals surface area contributed by atoms with E-state index in [4.69, 9.17) is 11.6 Å². The number of pyridine rings is 1. The summed E-state index contributed by atoms with van der Waals surface area (Å²) in [6.45, 7) is 3.87. The first-order valence-corrected chi connectivity index (χ1v) is 5.03. The molecular weight excluding hydrogens is 210 g/mol. The summed E-state index contributed by atoms with van der Waals surface area (Å²) >= 11 is 5.94. The molecule has 76 valence electrons. The van der Waals surface area contributed by atoms with Gasteiger partial charge in [0, 0.05) is 5.39 Å². The van der Waals surface area contributed by atoms with Crippen LogP contribution in [0.5, 0.6) is 0 Å². The fraction of sp³-hybridized carbons (Fsp3) is 0.167. The van der Waals surface area contributed by atoms with Crippen LogP contribution in [-0.4, -0.2) is 11.3 Å². The highest BCUT2D eigenvalue weighted by molar-refractivity contribution is 6.32. The number of hydrogen-bond acceptors (Lipinski definition) is 2. The normalized spacial score (nSPS) is 10.6. The third-order valence-corrected chi connectivity index (χ3v) is 2.88. The number of rotatable bonds is 1. The number of aromatic nitrogens is 1. The second-order valence-corrected chi connectivity index (χ2v) is 3.89. The van der Waals surface area contributed by atoms with Crippen LogP contribution in [0.4, 0.5) is 0 Å². The van der Waals surface area contributed by atoms with E-state index in [0.29, 0.717) is 5.56 Å². The fourth-order valence-electron chi connectivity index (χ4n) is 1.71. The molecule has 2 nitrogen and oxygen atoms in total. The molecule has 1 aromatic heterocycles. The monoisotopic (exact) mass is 219 g/mol. The SMILES string of the molecule is Cc1c(C=O)c(Cl)nc2c(C)cccc12. The molecule has 0 atom stereocenters. The number of fused-ring (bicyclic) bond motifs is 1. The van der Waals surface area contributed by atoms with Gasteiger partial charge in [-0.2, -0.15) is 0 Å². The van der Waals surface area contributed by atoms with Crippen LogP contribution in [0.1, 0.15) is 21.5 Å². The minimum Gasteiger partial charge on any atom is -0.298 e. The Morgan fingerprint density at radius 2 is 2.07 bits per heavy atom. The van der Waals surface area contributed by atoms with Gasteiger partial charge in [0.1, 0.15) is 5.15 Å². The van der Waals surface area contributed by atoms with Crippen LogP contribution in [-0.2, 0) is 0 Å². The molecule has 0 saturated heterocycles. The van der Waals surface area contributed by atoms with Crippen molar-refractivity contribution < 1.29 is 4.79 Å². The summed E-state index contributed by atoms with van der Waals surface area (Å²) in [4.78, 5) is 15.1. The van der Waals surface area contributed by atoms with Crippen LogP contribution in [0.25, 0.3) is 10.9 Å². The fourth-order valence-corrected chi connectivity index (χ4v) is 1.98. The number of halogens is 1. The number of aryl methyl sites for hydroxylation is 2. The Kier molecular flexibility index (Phi) is 2.45. The van der Waals surface area contributed by atoms with E-state index in [1.165, 1.54) is 0 Å². The Labute approximate surface area is 92.9 Å². The van der Waals surface area contributed by atoms with Gasteiger partial charge in [-0.05, 0) is 25.0 Å². The Hall–Kier alpha value is -1.41. The molecule has 2 aromatic rings. The van der Waals surface area contributed by atoms with Crippen molar-refractivity contribution in [1.29, 1.82) is 0 Å². The Morgan fingerprint density at radius 1 is 1.33 bits per heavy atom. The van der Waals surface area contributed by atoms with Crippen LogP contribution in [0.2, 0.25) is 5.15 Å². The molecule has 0 fully saturated rings. The first-order chi connectivity index (χ1) is 7.15. The molecule has 0 aliphatic carbocycles. The van der Waals surface area contributed by atoms with E-state index < -0.39 is 0 Å². The number of para-hydroxylation sites is 1. The first kappa shape index (κ1) is 10.1. The molecule has 0 aliphatic heterocycles. The number of carbonyl (C=O) groups is 1. The minimum atomic E-state index is 0.282. The van der Waals surface area contributed by atoms with Gasteiger partial charge < -0.3 is 0 Å². The second-order valence-electron chi connectivity index (χ2n) is 3.53. The summed E-state index contributed by atoms with van der Waals surface area (Å²) in [6.07, 6.45) is 0.756. The van der Waals surface area contributed by atoms with Gasteiger partial charge in [-0.3, -0.25) is 4.79 Å². The number of benzene rings is 1. The maximum atomic E-state index is 10.9. The van der Waals surface area contributed by atoms with Crippen molar-refractivity contribution in [3.8, 4) is 0 Å². The van der Waals surface area contributed by atoms with E-state index in [1.54, 1.807) is 0 Å². The van der Waals surface area contributed by atoms with Gasteiger partial charge in [-0.25, -0.2) is 4.98 Å². The first-order valence-electron chi connectivity index (χ1n) is 4.65.